The highest BCUT2D eigenvalue weighted by Gasteiger charge is 2.23. The molecule has 1 amide bonds. The van der Waals surface area contributed by atoms with E-state index in [1.165, 1.54) is 19.3 Å². The Bertz CT molecular complexity index is 435. The summed E-state index contributed by atoms with van der Waals surface area (Å²) in [6.45, 7) is 6.00. The third-order valence-electron chi connectivity index (χ3n) is 4.60. The lowest BCUT2D eigenvalue weighted by molar-refractivity contribution is -0.121. The summed E-state index contributed by atoms with van der Waals surface area (Å²) in [7, 11) is 0. The van der Waals surface area contributed by atoms with Crippen molar-refractivity contribution in [3.05, 3.63) is 30.1 Å². The lowest BCUT2D eigenvalue weighted by atomic mass is 9.79. The standard InChI is InChI=1S/C17H27N3O/c1-13-5-6-16(10-14(13)2)19-9-7-17(21)20-12-15-4-3-8-18-11-15/h3-4,8,11,13-14,16,19H,5-7,9-10,12H2,1-2H3,(H,20,21)/t13-,14-,16-/m1/s1. The van der Waals surface area contributed by atoms with E-state index >= 15 is 0 Å². The van der Waals surface area contributed by atoms with Gasteiger partial charge in [0.25, 0.3) is 0 Å². The molecule has 4 heteroatoms. The second kappa shape index (κ2) is 8.13. The summed E-state index contributed by atoms with van der Waals surface area (Å²) in [6.07, 6.45) is 7.83. The SMILES string of the molecule is C[C@@H]1CC[C@@H](NCCC(=O)NCc2cccnc2)C[C@H]1C. The zero-order chi connectivity index (χ0) is 15.1. The molecule has 2 rings (SSSR count). The van der Waals surface area contributed by atoms with Gasteiger partial charge in [0.2, 0.25) is 5.91 Å². The van der Waals surface area contributed by atoms with E-state index in [4.69, 9.17) is 0 Å². The molecule has 0 unspecified atom stereocenters. The average molecular weight is 289 g/mol. The number of nitrogens with one attached hydrogen (secondary N) is 2. The lowest BCUT2D eigenvalue weighted by Crippen LogP contribution is -2.38. The molecule has 2 N–H and O–H groups in total. The molecule has 0 saturated heterocycles. The second-order valence-corrected chi connectivity index (χ2v) is 6.31. The van der Waals surface area contributed by atoms with E-state index in [1.54, 1.807) is 12.4 Å². The molecule has 1 aromatic heterocycles. The third-order valence-corrected chi connectivity index (χ3v) is 4.60. The Morgan fingerprint density at radius 1 is 1.33 bits per heavy atom. The van der Waals surface area contributed by atoms with Crippen molar-refractivity contribution in [1.82, 2.24) is 15.6 Å². The molecule has 0 spiro atoms. The Hall–Kier alpha value is -1.42. The van der Waals surface area contributed by atoms with E-state index in [9.17, 15) is 4.79 Å². The maximum atomic E-state index is 11.8. The number of carbonyl (C=O) groups excluding carboxylic acids is 1. The molecule has 0 radical (unpaired) electrons. The van der Waals surface area contributed by atoms with Gasteiger partial charge in [0, 0.05) is 37.9 Å². The highest BCUT2D eigenvalue weighted by Crippen LogP contribution is 2.29. The number of aromatic nitrogens is 1. The van der Waals surface area contributed by atoms with Crippen LogP contribution >= 0.6 is 0 Å². The van der Waals surface area contributed by atoms with Crippen LogP contribution in [0.4, 0.5) is 0 Å². The van der Waals surface area contributed by atoms with Gasteiger partial charge in [0.1, 0.15) is 0 Å². The average Bonchev–Trinajstić information content (AvgIpc) is 2.50. The highest BCUT2D eigenvalue weighted by molar-refractivity contribution is 5.76. The number of nitrogens with zero attached hydrogens (tertiary/aromatic N) is 1. The fourth-order valence-electron chi connectivity index (χ4n) is 2.91. The first-order valence-corrected chi connectivity index (χ1v) is 8.04. The van der Waals surface area contributed by atoms with Gasteiger partial charge < -0.3 is 10.6 Å². The lowest BCUT2D eigenvalue weighted by Gasteiger charge is -2.32. The van der Waals surface area contributed by atoms with Crippen molar-refractivity contribution in [2.75, 3.05) is 6.54 Å². The summed E-state index contributed by atoms with van der Waals surface area (Å²) in [5.41, 5.74) is 1.04. The molecule has 0 aromatic carbocycles. The number of amides is 1. The van der Waals surface area contributed by atoms with E-state index in [0.29, 0.717) is 19.0 Å². The van der Waals surface area contributed by atoms with Crippen molar-refractivity contribution in [2.24, 2.45) is 11.8 Å². The van der Waals surface area contributed by atoms with Crippen molar-refractivity contribution in [1.29, 1.82) is 0 Å². The Morgan fingerprint density at radius 3 is 2.90 bits per heavy atom. The summed E-state index contributed by atoms with van der Waals surface area (Å²) in [5, 5.41) is 6.46. The second-order valence-electron chi connectivity index (χ2n) is 6.31. The summed E-state index contributed by atoms with van der Waals surface area (Å²) in [4.78, 5) is 15.8. The Kier molecular flexibility index (Phi) is 6.18. The molecule has 1 heterocycles. The molecule has 1 aromatic rings. The molecule has 116 valence electrons. The van der Waals surface area contributed by atoms with Crippen LogP contribution in [0.3, 0.4) is 0 Å². The van der Waals surface area contributed by atoms with Gasteiger partial charge >= 0.3 is 0 Å². The number of hydrogen-bond donors (Lipinski definition) is 2. The quantitative estimate of drug-likeness (QED) is 0.846. The van der Waals surface area contributed by atoms with Crippen molar-refractivity contribution in [2.45, 2.75) is 52.1 Å². The van der Waals surface area contributed by atoms with E-state index in [2.05, 4.69) is 29.5 Å². The van der Waals surface area contributed by atoms with Gasteiger partial charge in [-0.05, 0) is 42.7 Å². The molecule has 1 aliphatic rings. The monoisotopic (exact) mass is 289 g/mol. The number of pyridine rings is 1. The Labute approximate surface area is 127 Å². The first-order chi connectivity index (χ1) is 10.1. The minimum Gasteiger partial charge on any atom is -0.352 e. The Balaban J connectivity index is 1.59. The fourth-order valence-corrected chi connectivity index (χ4v) is 2.91. The van der Waals surface area contributed by atoms with Gasteiger partial charge in [0.05, 0.1) is 0 Å². The molecule has 3 atom stereocenters. The Morgan fingerprint density at radius 2 is 2.19 bits per heavy atom. The molecule has 0 aliphatic heterocycles. The van der Waals surface area contributed by atoms with Gasteiger partial charge in [-0.2, -0.15) is 0 Å². The van der Waals surface area contributed by atoms with Crippen LogP contribution in [0.5, 0.6) is 0 Å². The minimum atomic E-state index is 0.101. The topological polar surface area (TPSA) is 54.0 Å². The van der Waals surface area contributed by atoms with Crippen LogP contribution in [0.15, 0.2) is 24.5 Å². The molecular weight excluding hydrogens is 262 g/mol. The minimum absolute atomic E-state index is 0.101. The molecule has 1 aliphatic carbocycles. The zero-order valence-corrected chi connectivity index (χ0v) is 13.1. The van der Waals surface area contributed by atoms with Crippen molar-refractivity contribution in [3.63, 3.8) is 0 Å². The van der Waals surface area contributed by atoms with Gasteiger partial charge in [0.15, 0.2) is 0 Å². The van der Waals surface area contributed by atoms with Crippen LogP contribution in [0, 0.1) is 11.8 Å². The van der Waals surface area contributed by atoms with Crippen LogP contribution < -0.4 is 10.6 Å². The smallest absolute Gasteiger partial charge is 0.221 e. The first kappa shape index (κ1) is 16.0. The highest BCUT2D eigenvalue weighted by atomic mass is 16.1. The molecule has 21 heavy (non-hydrogen) atoms. The van der Waals surface area contributed by atoms with Crippen LogP contribution in [0.25, 0.3) is 0 Å². The first-order valence-electron chi connectivity index (χ1n) is 8.04. The number of carbonyl (C=O) groups is 1. The molecule has 0 bridgehead atoms. The molecule has 1 fully saturated rings. The predicted octanol–water partition coefficient (Wildman–Crippen LogP) is 2.50. The molecule has 1 saturated carbocycles. The van der Waals surface area contributed by atoms with Gasteiger partial charge in [-0.3, -0.25) is 9.78 Å². The zero-order valence-electron chi connectivity index (χ0n) is 13.1. The maximum absolute atomic E-state index is 11.8. The van der Waals surface area contributed by atoms with Crippen LogP contribution in [0.2, 0.25) is 0 Å². The van der Waals surface area contributed by atoms with Crippen molar-refractivity contribution < 1.29 is 4.79 Å². The number of hydrogen-bond acceptors (Lipinski definition) is 3. The van der Waals surface area contributed by atoms with E-state index in [-0.39, 0.29) is 5.91 Å². The summed E-state index contributed by atoms with van der Waals surface area (Å²) >= 11 is 0. The van der Waals surface area contributed by atoms with Crippen LogP contribution in [0.1, 0.15) is 45.1 Å². The summed E-state index contributed by atoms with van der Waals surface area (Å²) in [6, 6.07) is 4.44. The fraction of sp³-hybridized carbons (Fsp3) is 0.647. The van der Waals surface area contributed by atoms with Gasteiger partial charge in [-0.15, -0.1) is 0 Å². The normalized spacial score (nSPS) is 25.5. The largest absolute Gasteiger partial charge is 0.352 e. The maximum Gasteiger partial charge on any atom is 0.221 e. The summed E-state index contributed by atoms with van der Waals surface area (Å²) in [5.74, 6) is 1.73. The van der Waals surface area contributed by atoms with E-state index in [1.807, 2.05) is 12.1 Å². The number of rotatable bonds is 6. The van der Waals surface area contributed by atoms with Gasteiger partial charge in [-0.25, -0.2) is 0 Å². The van der Waals surface area contributed by atoms with E-state index < -0.39 is 0 Å². The summed E-state index contributed by atoms with van der Waals surface area (Å²) < 4.78 is 0. The van der Waals surface area contributed by atoms with Crippen LogP contribution in [-0.2, 0) is 11.3 Å². The molecular formula is C17H27N3O. The van der Waals surface area contributed by atoms with Gasteiger partial charge in [-0.1, -0.05) is 19.9 Å². The molecule has 4 nitrogen and oxygen atoms in total. The van der Waals surface area contributed by atoms with Crippen LogP contribution in [-0.4, -0.2) is 23.5 Å². The predicted molar refractivity (Wildman–Crippen MR) is 84.7 cm³/mol. The third kappa shape index (κ3) is 5.46. The van der Waals surface area contributed by atoms with E-state index in [0.717, 1.165) is 23.9 Å². The van der Waals surface area contributed by atoms with Crippen molar-refractivity contribution >= 4 is 5.91 Å². The van der Waals surface area contributed by atoms with Crippen molar-refractivity contribution in [3.8, 4) is 0 Å².